The largest absolute Gasteiger partial charge is 0.360 e. The van der Waals surface area contributed by atoms with Crippen molar-refractivity contribution < 1.29 is 42.6 Å². The normalized spacial score (nSPS) is 32.5. The van der Waals surface area contributed by atoms with Gasteiger partial charge >= 0.3 is 0 Å². The molecule has 3 aromatic rings. The van der Waals surface area contributed by atoms with E-state index in [4.69, 9.17) is 42.6 Å². The molecule has 9 nitrogen and oxygen atoms in total. The average Bonchev–Trinajstić information content (AvgIpc) is 3.18. The summed E-state index contributed by atoms with van der Waals surface area (Å²) in [5, 5.41) is 0. The van der Waals surface area contributed by atoms with E-state index in [2.05, 4.69) is 112 Å². The molecule has 0 amide bonds. The van der Waals surface area contributed by atoms with Gasteiger partial charge in [-0.25, -0.2) is 0 Å². The van der Waals surface area contributed by atoms with Gasteiger partial charge in [0, 0.05) is 43.4 Å². The van der Waals surface area contributed by atoms with Crippen molar-refractivity contribution >= 4 is 0 Å². The first kappa shape index (κ1) is 45.3. The monoisotopic (exact) mass is 829 g/mol. The summed E-state index contributed by atoms with van der Waals surface area (Å²) in [6.07, 6.45) is 3.51. The first-order chi connectivity index (χ1) is 28.3. The van der Waals surface area contributed by atoms with Gasteiger partial charge in [-0.3, -0.25) is 0 Å². The van der Waals surface area contributed by atoms with Crippen LogP contribution in [0.2, 0.25) is 0 Å². The van der Waals surface area contributed by atoms with Gasteiger partial charge in [0.2, 0.25) is 0 Å². The second-order valence-electron chi connectivity index (χ2n) is 19.7. The predicted octanol–water partition coefficient (Wildman–Crippen LogP) is 10.6. The van der Waals surface area contributed by atoms with E-state index in [9.17, 15) is 0 Å². The molecule has 0 spiro atoms. The summed E-state index contributed by atoms with van der Waals surface area (Å²) in [5.74, 6) is -2.70. The molecule has 0 unspecified atom stereocenters. The Morgan fingerprint density at radius 2 is 1.05 bits per heavy atom. The van der Waals surface area contributed by atoms with Crippen molar-refractivity contribution in [3.05, 3.63) is 108 Å². The maximum absolute atomic E-state index is 7.29. The Morgan fingerprint density at radius 1 is 0.567 bits per heavy atom. The van der Waals surface area contributed by atoms with Gasteiger partial charge in [-0.1, -0.05) is 112 Å². The number of benzene rings is 3. The fourth-order valence-corrected chi connectivity index (χ4v) is 10.2. The fourth-order valence-electron chi connectivity index (χ4n) is 10.2. The van der Waals surface area contributed by atoms with Crippen LogP contribution < -0.4 is 0 Å². The molecule has 0 saturated carbocycles. The quantitative estimate of drug-likeness (QED) is 0.156. The second-order valence-corrected chi connectivity index (χ2v) is 19.7. The summed E-state index contributed by atoms with van der Waals surface area (Å²) in [7, 11) is 0. The van der Waals surface area contributed by atoms with Crippen LogP contribution in [0.5, 0.6) is 0 Å². The van der Waals surface area contributed by atoms with Crippen molar-refractivity contribution in [3.8, 4) is 0 Å². The third kappa shape index (κ3) is 10.7. The van der Waals surface area contributed by atoms with E-state index in [1.54, 1.807) is 0 Å². The third-order valence-corrected chi connectivity index (χ3v) is 12.9. The third-order valence-electron chi connectivity index (χ3n) is 12.9. The van der Waals surface area contributed by atoms with Gasteiger partial charge in [0.25, 0.3) is 0 Å². The topological polar surface area (TPSA) is 83.1 Å². The Labute approximate surface area is 360 Å². The van der Waals surface area contributed by atoms with E-state index >= 15 is 0 Å². The van der Waals surface area contributed by atoms with E-state index in [0.29, 0.717) is 19.6 Å². The van der Waals surface area contributed by atoms with Crippen LogP contribution in [0.3, 0.4) is 0 Å². The lowest BCUT2D eigenvalue weighted by molar-refractivity contribution is -0.359. The van der Waals surface area contributed by atoms with E-state index in [0.717, 1.165) is 42.4 Å². The van der Waals surface area contributed by atoms with Crippen LogP contribution >= 0.6 is 0 Å². The molecular weight excluding hydrogens is 757 g/mol. The van der Waals surface area contributed by atoms with Gasteiger partial charge in [-0.15, -0.1) is 0 Å². The molecule has 0 aliphatic carbocycles. The summed E-state index contributed by atoms with van der Waals surface area (Å²) in [6, 6.07) is 31.7. The minimum Gasteiger partial charge on any atom is -0.360 e. The van der Waals surface area contributed by atoms with Crippen molar-refractivity contribution in [1.82, 2.24) is 0 Å². The maximum atomic E-state index is 7.29. The molecule has 3 aromatic carbocycles. The average molecular weight is 829 g/mol. The number of ether oxygens (including phenoxy) is 9. The number of hydrogen-bond acceptors (Lipinski definition) is 9. The molecule has 0 N–H and O–H groups in total. The number of hydrogen-bond donors (Lipinski definition) is 0. The van der Waals surface area contributed by atoms with Crippen molar-refractivity contribution in [1.29, 1.82) is 0 Å². The lowest BCUT2D eigenvalue weighted by atomic mass is 9.79. The van der Waals surface area contributed by atoms with Gasteiger partial charge in [0.15, 0.2) is 23.1 Å². The zero-order valence-corrected chi connectivity index (χ0v) is 38.1. The van der Waals surface area contributed by atoms with Gasteiger partial charge in [0.1, 0.15) is 5.60 Å². The molecule has 4 saturated heterocycles. The zero-order valence-electron chi connectivity index (χ0n) is 38.1. The summed E-state index contributed by atoms with van der Waals surface area (Å²) in [4.78, 5) is 0. The standard InChI is InChI=1S/C51H72O9/c1-34(33-53-51(37-21-15-12-16-22-37,38-23-17-13-18-24-38)39-25-19-14-20-26-39)43-32-45(59-49(8,9)57-43)36(3)46-35(2)44(58-50(10,11)60-46)31-42-30-41(55-48(6,7)56-42)29-40-27-28-52-47(4,5)54-40/h12-26,34-36,40-46H,27-33H2,1-11H3/t34-,35+,36-,40-,41-,42-,43-,44-,45+,46-/m1/s1. The molecule has 7 rings (SSSR count). The highest BCUT2D eigenvalue weighted by molar-refractivity contribution is 5.47. The molecule has 330 valence electrons. The highest BCUT2D eigenvalue weighted by atomic mass is 16.7. The van der Waals surface area contributed by atoms with Crippen molar-refractivity contribution in [2.75, 3.05) is 13.2 Å². The highest BCUT2D eigenvalue weighted by Crippen LogP contribution is 2.45. The van der Waals surface area contributed by atoms with Crippen LogP contribution in [0.25, 0.3) is 0 Å². The maximum Gasteiger partial charge on any atom is 0.163 e. The molecule has 4 aliphatic heterocycles. The van der Waals surface area contributed by atoms with Crippen molar-refractivity contribution in [3.63, 3.8) is 0 Å². The van der Waals surface area contributed by atoms with Gasteiger partial charge < -0.3 is 42.6 Å². The molecule has 0 bridgehead atoms. The van der Waals surface area contributed by atoms with E-state index < -0.39 is 28.7 Å². The lowest BCUT2D eigenvalue weighted by Crippen LogP contribution is -2.58. The first-order valence-corrected chi connectivity index (χ1v) is 22.5. The van der Waals surface area contributed by atoms with Crippen molar-refractivity contribution in [2.24, 2.45) is 17.8 Å². The molecule has 0 aromatic heterocycles. The van der Waals surface area contributed by atoms with E-state index in [1.807, 2.05) is 55.4 Å². The Hall–Kier alpha value is -2.70. The smallest absolute Gasteiger partial charge is 0.163 e. The number of rotatable bonds is 13. The van der Waals surface area contributed by atoms with Crippen molar-refractivity contribution in [2.45, 2.75) is 180 Å². The molecule has 0 radical (unpaired) electrons. The van der Waals surface area contributed by atoms with E-state index in [1.165, 1.54) is 0 Å². The molecule has 10 atom stereocenters. The predicted molar refractivity (Wildman–Crippen MR) is 232 cm³/mol. The molecule has 4 aliphatic rings. The van der Waals surface area contributed by atoms with E-state index in [-0.39, 0.29) is 60.5 Å². The Bertz CT molecular complexity index is 1700. The van der Waals surface area contributed by atoms with Crippen LogP contribution in [0.4, 0.5) is 0 Å². The van der Waals surface area contributed by atoms with Crippen LogP contribution in [0.1, 0.15) is 125 Å². The minimum atomic E-state index is -0.809. The summed E-state index contributed by atoms with van der Waals surface area (Å²) < 4.78 is 59.6. The van der Waals surface area contributed by atoms with Crippen LogP contribution in [0.15, 0.2) is 91.0 Å². The van der Waals surface area contributed by atoms with Gasteiger partial charge in [-0.2, -0.15) is 0 Å². The zero-order chi connectivity index (χ0) is 42.9. The molecular formula is C51H72O9. The SMILES string of the molecule is C[C@@H]1[C@H]([C@H](C)[C@@H]2C[C@H]([C@H](C)COC(c3ccccc3)(c3ccccc3)c3ccccc3)OC(C)(C)O2)OC(C)(C)O[C@@H]1C[C@H]1C[C@@H](C[C@H]2CCOC(C)(C)O2)OC(C)(C)O1. The van der Waals surface area contributed by atoms with Crippen LogP contribution in [-0.2, 0) is 48.2 Å². The Morgan fingerprint density at radius 3 is 1.60 bits per heavy atom. The molecule has 9 heteroatoms. The second kappa shape index (κ2) is 18.2. The summed E-state index contributed by atoms with van der Waals surface area (Å²) in [5.41, 5.74) is 2.44. The Kier molecular flexibility index (Phi) is 13.7. The summed E-state index contributed by atoms with van der Waals surface area (Å²) in [6.45, 7) is 24.1. The van der Waals surface area contributed by atoms with Crippen LogP contribution in [0, 0.1) is 17.8 Å². The highest BCUT2D eigenvalue weighted by Gasteiger charge is 2.50. The van der Waals surface area contributed by atoms with Gasteiger partial charge in [-0.05, 0) is 78.5 Å². The first-order valence-electron chi connectivity index (χ1n) is 22.5. The molecule has 60 heavy (non-hydrogen) atoms. The molecule has 4 fully saturated rings. The van der Waals surface area contributed by atoms with Gasteiger partial charge in [0.05, 0.1) is 55.9 Å². The lowest BCUT2D eigenvalue weighted by Gasteiger charge is -2.52. The molecule has 4 heterocycles. The Balaban J connectivity index is 1.06. The fraction of sp³-hybridized carbons (Fsp3) is 0.647. The van der Waals surface area contributed by atoms with Crippen LogP contribution in [-0.4, -0.2) is 79.1 Å². The summed E-state index contributed by atoms with van der Waals surface area (Å²) >= 11 is 0. The minimum absolute atomic E-state index is 0.00883.